The van der Waals surface area contributed by atoms with E-state index in [1.165, 1.54) is 20.2 Å². The Labute approximate surface area is 156 Å². The van der Waals surface area contributed by atoms with Crippen LogP contribution in [0.1, 0.15) is 35.2 Å². The normalized spacial score (nSPS) is 19.5. The van der Waals surface area contributed by atoms with Gasteiger partial charge in [-0.25, -0.2) is 4.79 Å². The van der Waals surface area contributed by atoms with Crippen molar-refractivity contribution in [3.05, 3.63) is 44.3 Å². The summed E-state index contributed by atoms with van der Waals surface area (Å²) in [5.41, 5.74) is 1.32. The molecule has 3 rings (SSSR count). The molecule has 0 radical (unpaired) electrons. The minimum absolute atomic E-state index is 0.180. The van der Waals surface area contributed by atoms with E-state index in [4.69, 9.17) is 0 Å². The summed E-state index contributed by atoms with van der Waals surface area (Å²) < 4.78 is 0. The predicted molar refractivity (Wildman–Crippen MR) is 101 cm³/mol. The summed E-state index contributed by atoms with van der Waals surface area (Å²) in [6, 6.07) is 6.14. The first-order valence-electron chi connectivity index (χ1n) is 8.56. The molecule has 7 heteroatoms. The van der Waals surface area contributed by atoms with E-state index < -0.39 is 6.03 Å². The number of quaternary nitrogens is 1. The second-order valence-corrected chi connectivity index (χ2v) is 8.71. The molecule has 134 valence electrons. The Morgan fingerprint density at radius 2 is 2.12 bits per heavy atom. The first-order chi connectivity index (χ1) is 12.0. The van der Waals surface area contributed by atoms with Gasteiger partial charge in [-0.15, -0.1) is 22.7 Å². The maximum absolute atomic E-state index is 12.3. The molecule has 0 fully saturated rings. The van der Waals surface area contributed by atoms with Crippen LogP contribution in [0.4, 0.5) is 4.79 Å². The van der Waals surface area contributed by atoms with Gasteiger partial charge in [-0.2, -0.15) is 0 Å². The van der Waals surface area contributed by atoms with Crippen LogP contribution in [0.25, 0.3) is 0 Å². The number of amides is 3. The molecule has 1 aliphatic rings. The third-order valence-electron chi connectivity index (χ3n) is 4.31. The summed E-state index contributed by atoms with van der Waals surface area (Å²) in [5.74, 6) is 0.130. The molecular weight excluding hydrogens is 354 g/mol. The van der Waals surface area contributed by atoms with Crippen molar-refractivity contribution in [1.29, 1.82) is 0 Å². The molecule has 0 saturated carbocycles. The van der Waals surface area contributed by atoms with Crippen LogP contribution in [0, 0.1) is 5.92 Å². The molecule has 3 heterocycles. The molecule has 25 heavy (non-hydrogen) atoms. The highest BCUT2D eigenvalue weighted by atomic mass is 32.1. The molecule has 0 aromatic carbocycles. The van der Waals surface area contributed by atoms with E-state index >= 15 is 0 Å². The smallest absolute Gasteiger partial charge is 0.321 e. The summed E-state index contributed by atoms with van der Waals surface area (Å²) in [6.45, 7) is 5.80. The molecule has 2 aromatic rings. The molecule has 3 amide bonds. The van der Waals surface area contributed by atoms with Gasteiger partial charge in [-0.05, 0) is 28.8 Å². The Hall–Kier alpha value is -1.70. The lowest BCUT2D eigenvalue weighted by Crippen LogP contribution is -3.14. The van der Waals surface area contributed by atoms with Crippen LogP contribution in [0.5, 0.6) is 0 Å². The number of fused-ring (bicyclic) bond motifs is 1. The number of nitrogens with one attached hydrogen (secondary N) is 3. The Kier molecular flexibility index (Phi) is 5.88. The van der Waals surface area contributed by atoms with E-state index in [0.717, 1.165) is 13.0 Å². The number of urea groups is 1. The first-order valence-corrected chi connectivity index (χ1v) is 10.3. The zero-order valence-corrected chi connectivity index (χ0v) is 16.1. The van der Waals surface area contributed by atoms with Crippen LogP contribution in [-0.2, 0) is 11.2 Å². The SMILES string of the molecule is CC(C)CNC(=O)NC(=O)C[NH+]1CCc2sccc2[C@H]1c1cccs1. The zero-order valence-electron chi connectivity index (χ0n) is 14.5. The van der Waals surface area contributed by atoms with E-state index in [9.17, 15) is 9.59 Å². The Bertz CT molecular complexity index is 725. The summed E-state index contributed by atoms with van der Waals surface area (Å²) in [4.78, 5) is 28.0. The average molecular weight is 379 g/mol. The maximum atomic E-state index is 12.3. The van der Waals surface area contributed by atoms with Crippen LogP contribution >= 0.6 is 22.7 Å². The highest BCUT2D eigenvalue weighted by Crippen LogP contribution is 2.31. The number of hydrogen-bond acceptors (Lipinski definition) is 4. The number of imide groups is 1. The van der Waals surface area contributed by atoms with E-state index in [-0.39, 0.29) is 11.9 Å². The first kappa shape index (κ1) is 18.1. The second-order valence-electron chi connectivity index (χ2n) is 6.73. The number of carbonyl (C=O) groups is 2. The molecule has 0 aliphatic carbocycles. The summed E-state index contributed by atoms with van der Waals surface area (Å²) in [5, 5.41) is 9.40. The summed E-state index contributed by atoms with van der Waals surface area (Å²) in [7, 11) is 0. The van der Waals surface area contributed by atoms with Crippen molar-refractivity contribution in [2.75, 3.05) is 19.6 Å². The third kappa shape index (κ3) is 4.48. The van der Waals surface area contributed by atoms with E-state index in [2.05, 4.69) is 39.6 Å². The van der Waals surface area contributed by atoms with Crippen molar-refractivity contribution >= 4 is 34.6 Å². The number of carbonyl (C=O) groups excluding carboxylic acids is 2. The third-order valence-corrected chi connectivity index (χ3v) is 6.25. The molecule has 5 nitrogen and oxygen atoms in total. The van der Waals surface area contributed by atoms with Crippen molar-refractivity contribution in [3.63, 3.8) is 0 Å². The number of thiophene rings is 2. The molecule has 3 N–H and O–H groups in total. The van der Waals surface area contributed by atoms with E-state index in [0.29, 0.717) is 19.0 Å². The van der Waals surface area contributed by atoms with Crippen molar-refractivity contribution < 1.29 is 14.5 Å². The van der Waals surface area contributed by atoms with Crippen LogP contribution in [0.2, 0.25) is 0 Å². The van der Waals surface area contributed by atoms with Gasteiger partial charge in [0.25, 0.3) is 5.91 Å². The summed E-state index contributed by atoms with van der Waals surface area (Å²) >= 11 is 3.52. The van der Waals surface area contributed by atoms with Gasteiger partial charge in [-0.3, -0.25) is 10.1 Å². The van der Waals surface area contributed by atoms with Gasteiger partial charge in [0.2, 0.25) is 0 Å². The van der Waals surface area contributed by atoms with Gasteiger partial charge < -0.3 is 10.2 Å². The van der Waals surface area contributed by atoms with Crippen molar-refractivity contribution in [1.82, 2.24) is 10.6 Å². The van der Waals surface area contributed by atoms with Crippen molar-refractivity contribution in [2.45, 2.75) is 26.3 Å². The van der Waals surface area contributed by atoms with Crippen molar-refractivity contribution in [2.24, 2.45) is 5.92 Å². The van der Waals surface area contributed by atoms with Gasteiger partial charge in [0, 0.05) is 23.4 Å². The van der Waals surface area contributed by atoms with Gasteiger partial charge in [0.15, 0.2) is 6.54 Å². The quantitative estimate of drug-likeness (QED) is 0.743. The fourth-order valence-electron chi connectivity index (χ4n) is 3.17. The van der Waals surface area contributed by atoms with Gasteiger partial charge >= 0.3 is 6.03 Å². The lowest BCUT2D eigenvalue weighted by atomic mass is 9.98. The topological polar surface area (TPSA) is 62.6 Å². The molecule has 0 saturated heterocycles. The fraction of sp³-hybridized carbons (Fsp3) is 0.444. The minimum Gasteiger partial charge on any atom is -0.338 e. The molecular formula is C18H24N3O2S2+. The van der Waals surface area contributed by atoms with Crippen molar-refractivity contribution in [3.8, 4) is 0 Å². The highest BCUT2D eigenvalue weighted by molar-refractivity contribution is 7.10. The maximum Gasteiger partial charge on any atom is 0.321 e. The standard InChI is InChI=1S/C18H23N3O2S2/c1-12(2)10-19-18(23)20-16(22)11-21-7-5-14-13(6-9-25-14)17(21)15-4-3-8-24-15/h3-4,6,8-9,12,17H,5,7,10-11H2,1-2H3,(H2,19,20,22,23)/p+1/t17-/m0/s1. The number of rotatable bonds is 5. The Balaban J connectivity index is 1.67. The van der Waals surface area contributed by atoms with Crippen LogP contribution < -0.4 is 15.5 Å². The molecule has 1 aliphatic heterocycles. The van der Waals surface area contributed by atoms with E-state index in [1.807, 2.05) is 13.8 Å². The predicted octanol–water partition coefficient (Wildman–Crippen LogP) is 1.82. The summed E-state index contributed by atoms with van der Waals surface area (Å²) in [6.07, 6.45) is 0.983. The second kappa shape index (κ2) is 8.12. The molecule has 0 spiro atoms. The fourth-order valence-corrected chi connectivity index (χ4v) is 4.99. The zero-order chi connectivity index (χ0) is 17.8. The Morgan fingerprint density at radius 1 is 1.28 bits per heavy atom. The average Bonchev–Trinajstić information content (AvgIpc) is 3.23. The minimum atomic E-state index is -0.404. The van der Waals surface area contributed by atoms with Crippen LogP contribution in [-0.4, -0.2) is 31.6 Å². The van der Waals surface area contributed by atoms with Crippen LogP contribution in [0.3, 0.4) is 0 Å². The Morgan fingerprint density at radius 3 is 2.84 bits per heavy atom. The largest absolute Gasteiger partial charge is 0.338 e. The monoisotopic (exact) mass is 378 g/mol. The van der Waals surface area contributed by atoms with Gasteiger partial charge in [-0.1, -0.05) is 19.9 Å². The van der Waals surface area contributed by atoms with E-state index in [1.54, 1.807) is 22.7 Å². The van der Waals surface area contributed by atoms with Gasteiger partial charge in [0.05, 0.1) is 11.4 Å². The van der Waals surface area contributed by atoms with Crippen LogP contribution in [0.15, 0.2) is 29.0 Å². The van der Waals surface area contributed by atoms with Gasteiger partial charge in [0.1, 0.15) is 6.04 Å². The lowest BCUT2D eigenvalue weighted by molar-refractivity contribution is -0.919. The molecule has 2 atom stereocenters. The molecule has 1 unspecified atom stereocenters. The highest BCUT2D eigenvalue weighted by Gasteiger charge is 2.35. The number of hydrogen-bond donors (Lipinski definition) is 3. The lowest BCUT2D eigenvalue weighted by Gasteiger charge is -2.31. The molecule has 0 bridgehead atoms. The molecule has 2 aromatic heterocycles.